The molecule has 2 heteroatoms. The predicted molar refractivity (Wildman–Crippen MR) is 44.3 cm³/mol. The maximum absolute atomic E-state index is 9.81. The molecule has 2 aliphatic rings. The van der Waals surface area contributed by atoms with E-state index < -0.39 is 5.60 Å². The average molecular weight is 153 g/mol. The highest BCUT2D eigenvalue weighted by Gasteiger charge is 2.53. The number of nitrogens with one attached hydrogen (secondary N) is 1. The van der Waals surface area contributed by atoms with Gasteiger partial charge >= 0.3 is 0 Å². The molecular formula is C9H15NO. The van der Waals surface area contributed by atoms with Crippen LogP contribution < -0.4 is 5.32 Å². The van der Waals surface area contributed by atoms with Gasteiger partial charge in [0.25, 0.3) is 0 Å². The molecule has 2 aliphatic carbocycles. The molecule has 2 rings (SSSR count). The van der Waals surface area contributed by atoms with Gasteiger partial charge in [-0.2, -0.15) is 0 Å². The van der Waals surface area contributed by atoms with E-state index in [1.807, 2.05) is 7.05 Å². The van der Waals surface area contributed by atoms with E-state index in [0.29, 0.717) is 0 Å². The highest BCUT2D eigenvalue weighted by atomic mass is 16.3. The number of hydrogen-bond donors (Lipinski definition) is 2. The lowest BCUT2D eigenvalue weighted by Crippen LogP contribution is -2.44. The summed E-state index contributed by atoms with van der Waals surface area (Å²) in [5.41, 5.74) is 0.954. The quantitative estimate of drug-likeness (QED) is 0.547. The van der Waals surface area contributed by atoms with Crippen LogP contribution in [0.4, 0.5) is 0 Å². The van der Waals surface area contributed by atoms with Gasteiger partial charge in [0.15, 0.2) is 0 Å². The van der Waals surface area contributed by atoms with Gasteiger partial charge in [-0.05, 0) is 32.4 Å². The Morgan fingerprint density at radius 2 is 2.36 bits per heavy atom. The van der Waals surface area contributed by atoms with Gasteiger partial charge < -0.3 is 10.4 Å². The molecular weight excluding hydrogens is 138 g/mol. The van der Waals surface area contributed by atoms with Gasteiger partial charge in [0.2, 0.25) is 0 Å². The van der Waals surface area contributed by atoms with Gasteiger partial charge in [0.05, 0.1) is 5.60 Å². The zero-order valence-corrected chi connectivity index (χ0v) is 7.15. The Bertz CT molecular complexity index is 224. The van der Waals surface area contributed by atoms with Crippen LogP contribution in [0, 0.1) is 0 Å². The molecule has 11 heavy (non-hydrogen) atoms. The summed E-state index contributed by atoms with van der Waals surface area (Å²) in [5, 5.41) is 13.1. The summed E-state index contributed by atoms with van der Waals surface area (Å²) >= 11 is 0. The summed E-state index contributed by atoms with van der Waals surface area (Å²) in [6.07, 6.45) is 5.02. The predicted octanol–water partition coefficient (Wildman–Crippen LogP) is 0.819. The van der Waals surface area contributed by atoms with E-state index in [-0.39, 0.29) is 5.54 Å². The van der Waals surface area contributed by atoms with E-state index in [4.69, 9.17) is 0 Å². The first-order valence-corrected chi connectivity index (χ1v) is 4.19. The zero-order valence-electron chi connectivity index (χ0n) is 7.15. The van der Waals surface area contributed by atoms with Crippen molar-refractivity contribution in [3.8, 4) is 0 Å². The molecule has 2 N–H and O–H groups in total. The second-order valence-corrected chi connectivity index (χ2v) is 4.13. The van der Waals surface area contributed by atoms with Crippen LogP contribution in [0.25, 0.3) is 0 Å². The largest absolute Gasteiger partial charge is 0.385 e. The molecule has 0 aromatic rings. The molecule has 0 heterocycles. The topological polar surface area (TPSA) is 32.3 Å². The van der Waals surface area contributed by atoms with Crippen molar-refractivity contribution in [1.29, 1.82) is 0 Å². The summed E-state index contributed by atoms with van der Waals surface area (Å²) < 4.78 is 0. The average Bonchev–Trinajstić information content (AvgIpc) is 2.59. The van der Waals surface area contributed by atoms with Gasteiger partial charge in [-0.1, -0.05) is 6.08 Å². The van der Waals surface area contributed by atoms with Crippen LogP contribution in [0.15, 0.2) is 11.6 Å². The minimum atomic E-state index is -0.421. The summed E-state index contributed by atoms with van der Waals surface area (Å²) in [6, 6.07) is 0. The Kier molecular flexibility index (Phi) is 1.25. The molecule has 0 aromatic heterocycles. The van der Waals surface area contributed by atoms with Gasteiger partial charge in [-0.3, -0.25) is 0 Å². The molecule has 2 unspecified atom stereocenters. The molecule has 0 bridgehead atoms. The van der Waals surface area contributed by atoms with Crippen LogP contribution in [0.3, 0.4) is 0 Å². The first-order valence-electron chi connectivity index (χ1n) is 4.19. The van der Waals surface area contributed by atoms with Crippen LogP contribution in [0.1, 0.15) is 26.2 Å². The van der Waals surface area contributed by atoms with Crippen molar-refractivity contribution >= 4 is 0 Å². The summed E-state index contributed by atoms with van der Waals surface area (Å²) in [5.74, 6) is 0. The second-order valence-electron chi connectivity index (χ2n) is 4.13. The Hall–Kier alpha value is -0.340. The molecule has 1 fully saturated rings. The van der Waals surface area contributed by atoms with E-state index >= 15 is 0 Å². The third-order valence-corrected chi connectivity index (χ3v) is 3.04. The summed E-state index contributed by atoms with van der Waals surface area (Å²) in [6.45, 7) is 2.16. The SMILES string of the molecule is CNC1(C)CC=C2CC2(O)C1. The molecule has 0 radical (unpaired) electrons. The molecule has 0 aromatic carbocycles. The lowest BCUT2D eigenvalue weighted by molar-refractivity contribution is 0.110. The summed E-state index contributed by atoms with van der Waals surface area (Å²) in [4.78, 5) is 0. The third-order valence-electron chi connectivity index (χ3n) is 3.04. The number of aliphatic hydroxyl groups is 1. The monoisotopic (exact) mass is 153 g/mol. The zero-order chi connectivity index (χ0) is 8.11. The molecule has 0 saturated heterocycles. The van der Waals surface area contributed by atoms with Crippen molar-refractivity contribution in [1.82, 2.24) is 5.32 Å². The van der Waals surface area contributed by atoms with Crippen molar-refractivity contribution in [2.24, 2.45) is 0 Å². The minimum absolute atomic E-state index is 0.120. The second kappa shape index (κ2) is 1.87. The van der Waals surface area contributed by atoms with Crippen LogP contribution >= 0.6 is 0 Å². The minimum Gasteiger partial charge on any atom is -0.385 e. The Balaban J connectivity index is 2.18. The maximum atomic E-state index is 9.81. The number of hydrogen-bond acceptors (Lipinski definition) is 2. The molecule has 1 saturated carbocycles. The normalized spacial score (nSPS) is 48.1. The highest BCUT2D eigenvalue weighted by Crippen LogP contribution is 2.52. The van der Waals surface area contributed by atoms with E-state index in [1.165, 1.54) is 5.57 Å². The smallest absolute Gasteiger partial charge is 0.0913 e. The van der Waals surface area contributed by atoms with Crippen molar-refractivity contribution in [3.05, 3.63) is 11.6 Å². The third kappa shape index (κ3) is 1.01. The fourth-order valence-corrected chi connectivity index (χ4v) is 1.97. The molecule has 2 atom stereocenters. The van der Waals surface area contributed by atoms with Gasteiger partial charge in [0.1, 0.15) is 0 Å². The highest BCUT2D eigenvalue weighted by molar-refractivity contribution is 5.39. The fourth-order valence-electron chi connectivity index (χ4n) is 1.97. The molecule has 0 amide bonds. The van der Waals surface area contributed by atoms with E-state index in [0.717, 1.165) is 19.3 Å². The van der Waals surface area contributed by atoms with E-state index in [9.17, 15) is 5.11 Å². The number of rotatable bonds is 1. The van der Waals surface area contributed by atoms with Crippen molar-refractivity contribution in [3.63, 3.8) is 0 Å². The van der Waals surface area contributed by atoms with E-state index in [2.05, 4.69) is 18.3 Å². The molecule has 62 valence electrons. The van der Waals surface area contributed by atoms with Crippen molar-refractivity contribution in [2.45, 2.75) is 37.3 Å². The lowest BCUT2D eigenvalue weighted by Gasteiger charge is -2.32. The van der Waals surface area contributed by atoms with Crippen LogP contribution in [-0.4, -0.2) is 23.3 Å². The number of fused-ring (bicyclic) bond motifs is 1. The summed E-state index contributed by atoms with van der Waals surface area (Å²) in [7, 11) is 1.96. The first kappa shape index (κ1) is 7.32. The first-order chi connectivity index (χ1) is 5.08. The van der Waals surface area contributed by atoms with Crippen molar-refractivity contribution < 1.29 is 5.11 Å². The molecule has 0 aliphatic heterocycles. The molecule has 0 spiro atoms. The van der Waals surface area contributed by atoms with Gasteiger partial charge in [-0.25, -0.2) is 0 Å². The Morgan fingerprint density at radius 3 is 2.91 bits per heavy atom. The Morgan fingerprint density at radius 1 is 1.64 bits per heavy atom. The molecule has 2 nitrogen and oxygen atoms in total. The van der Waals surface area contributed by atoms with Crippen LogP contribution in [0.5, 0.6) is 0 Å². The maximum Gasteiger partial charge on any atom is 0.0913 e. The standard InChI is InChI=1S/C9H15NO/c1-8(10-2)4-3-7-5-9(7,11)6-8/h3,10-11H,4-6H2,1-2H3. The van der Waals surface area contributed by atoms with Crippen molar-refractivity contribution in [2.75, 3.05) is 7.05 Å². The van der Waals surface area contributed by atoms with Gasteiger partial charge in [-0.15, -0.1) is 0 Å². The van der Waals surface area contributed by atoms with Gasteiger partial charge in [0, 0.05) is 12.0 Å². The van der Waals surface area contributed by atoms with Crippen LogP contribution in [-0.2, 0) is 0 Å². The Labute approximate surface area is 67.3 Å². The fraction of sp³-hybridized carbons (Fsp3) is 0.778. The lowest BCUT2D eigenvalue weighted by atomic mass is 9.86. The van der Waals surface area contributed by atoms with Crippen LogP contribution in [0.2, 0.25) is 0 Å². The van der Waals surface area contributed by atoms with E-state index in [1.54, 1.807) is 0 Å².